The van der Waals surface area contributed by atoms with Gasteiger partial charge in [0.1, 0.15) is 0 Å². The minimum atomic E-state index is 0.592. The van der Waals surface area contributed by atoms with Crippen LogP contribution in [0.4, 0.5) is 5.13 Å². The number of hydrogen-bond donors (Lipinski definition) is 1. The van der Waals surface area contributed by atoms with Crippen molar-refractivity contribution in [2.75, 3.05) is 11.9 Å². The van der Waals surface area contributed by atoms with Crippen molar-refractivity contribution in [3.63, 3.8) is 0 Å². The summed E-state index contributed by atoms with van der Waals surface area (Å²) in [5, 5.41) is 4.12. The quantitative estimate of drug-likeness (QED) is 0.939. The Hall–Kier alpha value is -1.01. The number of nitrogens with one attached hydrogen (secondary N) is 1. The van der Waals surface area contributed by atoms with E-state index in [0.29, 0.717) is 5.92 Å². The van der Waals surface area contributed by atoms with Gasteiger partial charge in [0.2, 0.25) is 5.13 Å². The van der Waals surface area contributed by atoms with Crippen LogP contribution in [0.2, 0.25) is 0 Å². The topological polar surface area (TPSA) is 50.7 Å². The summed E-state index contributed by atoms with van der Waals surface area (Å²) in [6, 6.07) is 1.96. The summed E-state index contributed by atoms with van der Waals surface area (Å²) in [5.41, 5.74) is 0.924. The Labute approximate surface area is 113 Å². The normalized spacial score (nSPS) is 10.8. The fraction of sp³-hybridized carbons (Fsp3) is 0.364. The molecule has 0 aromatic carbocycles. The zero-order valence-electron chi connectivity index (χ0n) is 9.64. The number of rotatable bonds is 4. The summed E-state index contributed by atoms with van der Waals surface area (Å²) in [6.07, 6.45) is 3.51. The lowest BCUT2D eigenvalue weighted by Gasteiger charge is -2.03. The molecule has 0 aliphatic heterocycles. The smallest absolute Gasteiger partial charge is 0.202 e. The van der Waals surface area contributed by atoms with Gasteiger partial charge in [0.15, 0.2) is 5.82 Å². The third-order valence-electron chi connectivity index (χ3n) is 2.05. The van der Waals surface area contributed by atoms with Gasteiger partial charge in [0, 0.05) is 40.5 Å². The van der Waals surface area contributed by atoms with E-state index in [1.165, 1.54) is 11.5 Å². The van der Waals surface area contributed by atoms with E-state index in [1.807, 2.05) is 6.07 Å². The van der Waals surface area contributed by atoms with Crippen LogP contribution in [0.25, 0.3) is 11.4 Å². The Morgan fingerprint density at radius 3 is 2.94 bits per heavy atom. The Morgan fingerprint density at radius 2 is 2.24 bits per heavy atom. The first-order valence-electron chi connectivity index (χ1n) is 5.33. The van der Waals surface area contributed by atoms with Gasteiger partial charge in [-0.15, -0.1) is 0 Å². The molecule has 2 heterocycles. The number of anilines is 1. The standard InChI is InChI=1S/C11H13BrN4S/c1-7(2)4-14-11-15-10(16-17-11)8-3-9(12)6-13-5-8/h3,5-7H,4H2,1-2H3,(H,14,15,16). The third-order valence-corrected chi connectivity index (χ3v) is 3.16. The molecule has 2 aromatic rings. The predicted molar refractivity (Wildman–Crippen MR) is 74.2 cm³/mol. The molecule has 0 unspecified atom stereocenters. The van der Waals surface area contributed by atoms with Crippen LogP contribution in [0.15, 0.2) is 22.9 Å². The molecular weight excluding hydrogens is 300 g/mol. The molecule has 0 aliphatic carbocycles. The van der Waals surface area contributed by atoms with Crippen molar-refractivity contribution in [3.05, 3.63) is 22.9 Å². The number of aromatic nitrogens is 3. The van der Waals surface area contributed by atoms with Crippen LogP contribution in [-0.2, 0) is 0 Å². The third kappa shape index (κ3) is 3.47. The van der Waals surface area contributed by atoms with Gasteiger partial charge >= 0.3 is 0 Å². The molecular formula is C11H13BrN4S. The van der Waals surface area contributed by atoms with E-state index in [0.717, 1.165) is 27.5 Å². The minimum Gasteiger partial charge on any atom is -0.360 e. The highest BCUT2D eigenvalue weighted by atomic mass is 79.9. The van der Waals surface area contributed by atoms with Gasteiger partial charge in [-0.2, -0.15) is 9.36 Å². The van der Waals surface area contributed by atoms with Crippen molar-refractivity contribution >= 4 is 32.6 Å². The first kappa shape index (κ1) is 12.4. The molecule has 0 spiro atoms. The van der Waals surface area contributed by atoms with E-state index in [2.05, 4.69) is 49.4 Å². The van der Waals surface area contributed by atoms with Crippen LogP contribution in [-0.4, -0.2) is 20.9 Å². The highest BCUT2D eigenvalue weighted by molar-refractivity contribution is 9.10. The van der Waals surface area contributed by atoms with E-state index in [4.69, 9.17) is 0 Å². The Balaban J connectivity index is 2.12. The highest BCUT2D eigenvalue weighted by Crippen LogP contribution is 2.22. The monoisotopic (exact) mass is 312 g/mol. The number of hydrogen-bond acceptors (Lipinski definition) is 5. The van der Waals surface area contributed by atoms with Crippen molar-refractivity contribution < 1.29 is 0 Å². The number of halogens is 1. The fourth-order valence-corrected chi connectivity index (χ4v) is 2.20. The molecule has 6 heteroatoms. The summed E-state index contributed by atoms with van der Waals surface area (Å²) in [6.45, 7) is 5.23. The van der Waals surface area contributed by atoms with E-state index in [1.54, 1.807) is 12.4 Å². The minimum absolute atomic E-state index is 0.592. The van der Waals surface area contributed by atoms with Gasteiger partial charge in [-0.25, -0.2) is 0 Å². The molecule has 2 aromatic heterocycles. The second kappa shape index (κ2) is 5.55. The summed E-state index contributed by atoms with van der Waals surface area (Å²) in [5.74, 6) is 1.31. The van der Waals surface area contributed by atoms with Crippen LogP contribution >= 0.6 is 27.5 Å². The molecule has 0 amide bonds. The van der Waals surface area contributed by atoms with Gasteiger partial charge in [-0.05, 0) is 27.9 Å². The Kier molecular flexibility index (Phi) is 4.06. The molecule has 4 nitrogen and oxygen atoms in total. The highest BCUT2D eigenvalue weighted by Gasteiger charge is 2.07. The fourth-order valence-electron chi connectivity index (χ4n) is 1.24. The molecule has 1 N–H and O–H groups in total. The van der Waals surface area contributed by atoms with Gasteiger partial charge < -0.3 is 5.32 Å². The van der Waals surface area contributed by atoms with Crippen molar-refractivity contribution in [1.29, 1.82) is 0 Å². The van der Waals surface area contributed by atoms with Crippen LogP contribution in [0, 0.1) is 5.92 Å². The average Bonchev–Trinajstić information content (AvgIpc) is 2.75. The first-order valence-corrected chi connectivity index (χ1v) is 6.90. The Bertz CT molecular complexity index is 498. The van der Waals surface area contributed by atoms with Crippen LogP contribution < -0.4 is 5.32 Å². The Morgan fingerprint density at radius 1 is 1.41 bits per heavy atom. The molecule has 0 radical (unpaired) electrons. The molecule has 90 valence electrons. The lowest BCUT2D eigenvalue weighted by atomic mass is 10.2. The molecule has 0 aliphatic rings. The number of pyridine rings is 1. The van der Waals surface area contributed by atoms with Gasteiger partial charge in [-0.1, -0.05) is 13.8 Å². The molecule has 0 fully saturated rings. The van der Waals surface area contributed by atoms with E-state index >= 15 is 0 Å². The van der Waals surface area contributed by atoms with Gasteiger partial charge in [-0.3, -0.25) is 4.98 Å². The maximum absolute atomic E-state index is 4.43. The summed E-state index contributed by atoms with van der Waals surface area (Å²) in [7, 11) is 0. The lowest BCUT2D eigenvalue weighted by Crippen LogP contribution is -2.07. The van der Waals surface area contributed by atoms with Gasteiger partial charge in [0.05, 0.1) is 0 Å². The summed E-state index contributed by atoms with van der Waals surface area (Å²) >= 11 is 4.76. The van der Waals surface area contributed by atoms with Crippen LogP contribution in [0.5, 0.6) is 0 Å². The summed E-state index contributed by atoms with van der Waals surface area (Å²) < 4.78 is 5.24. The second-order valence-corrected chi connectivity index (χ2v) is 5.76. The molecule has 0 atom stereocenters. The lowest BCUT2D eigenvalue weighted by molar-refractivity contribution is 0.688. The maximum Gasteiger partial charge on any atom is 0.202 e. The molecule has 0 saturated carbocycles. The molecule has 17 heavy (non-hydrogen) atoms. The zero-order valence-corrected chi connectivity index (χ0v) is 12.0. The van der Waals surface area contributed by atoms with Crippen molar-refractivity contribution in [1.82, 2.24) is 14.3 Å². The molecule has 0 saturated heterocycles. The summed E-state index contributed by atoms with van der Waals surface area (Å²) in [4.78, 5) is 8.53. The van der Waals surface area contributed by atoms with E-state index in [9.17, 15) is 0 Å². The predicted octanol–water partition coefficient (Wildman–Crippen LogP) is 3.43. The van der Waals surface area contributed by atoms with Crippen molar-refractivity contribution in [3.8, 4) is 11.4 Å². The SMILES string of the molecule is CC(C)CNc1nc(-c2cncc(Br)c2)ns1. The second-order valence-electron chi connectivity index (χ2n) is 4.09. The molecule has 2 rings (SSSR count). The van der Waals surface area contributed by atoms with E-state index < -0.39 is 0 Å². The number of nitrogens with zero attached hydrogens (tertiary/aromatic N) is 3. The van der Waals surface area contributed by atoms with Crippen LogP contribution in [0.1, 0.15) is 13.8 Å². The zero-order chi connectivity index (χ0) is 12.3. The molecule has 0 bridgehead atoms. The van der Waals surface area contributed by atoms with Crippen molar-refractivity contribution in [2.45, 2.75) is 13.8 Å². The average molecular weight is 313 g/mol. The first-order chi connectivity index (χ1) is 8.15. The van der Waals surface area contributed by atoms with Crippen LogP contribution in [0.3, 0.4) is 0 Å². The maximum atomic E-state index is 4.43. The largest absolute Gasteiger partial charge is 0.360 e. The van der Waals surface area contributed by atoms with E-state index in [-0.39, 0.29) is 0 Å². The van der Waals surface area contributed by atoms with Crippen molar-refractivity contribution in [2.24, 2.45) is 5.92 Å². The van der Waals surface area contributed by atoms with Gasteiger partial charge in [0.25, 0.3) is 0 Å².